The summed E-state index contributed by atoms with van der Waals surface area (Å²) in [5.41, 5.74) is 4.64. The maximum atomic E-state index is 13.3. The fraction of sp³-hybridized carbons (Fsp3) is 0.464. The van der Waals surface area contributed by atoms with E-state index in [2.05, 4.69) is 29.6 Å². The van der Waals surface area contributed by atoms with Crippen molar-refractivity contribution in [1.82, 2.24) is 10.2 Å². The maximum Gasteiger partial charge on any atom is 0.407 e. The molecule has 0 aromatic heterocycles. The molecule has 2 aliphatic carbocycles. The molecular formula is C28H32N2O5. The quantitative estimate of drug-likeness (QED) is 0.559. The molecule has 2 aromatic carbocycles. The van der Waals surface area contributed by atoms with Gasteiger partial charge in [-0.15, -0.1) is 0 Å². The van der Waals surface area contributed by atoms with E-state index in [-0.39, 0.29) is 30.8 Å². The Kier molecular flexibility index (Phi) is 6.75. The number of ether oxygens (including phenoxy) is 1. The van der Waals surface area contributed by atoms with Gasteiger partial charge in [-0.3, -0.25) is 9.59 Å². The van der Waals surface area contributed by atoms with E-state index < -0.39 is 18.1 Å². The number of carboxylic acid groups (broad SMARTS) is 1. The Bertz CT molecular complexity index is 1070. The lowest BCUT2D eigenvalue weighted by Gasteiger charge is -2.25. The highest BCUT2D eigenvalue weighted by Crippen LogP contribution is 2.44. The average molecular weight is 477 g/mol. The Hall–Kier alpha value is -3.35. The van der Waals surface area contributed by atoms with Crippen molar-refractivity contribution in [3.8, 4) is 11.1 Å². The van der Waals surface area contributed by atoms with E-state index in [1.54, 1.807) is 4.90 Å². The molecule has 35 heavy (non-hydrogen) atoms. The maximum absolute atomic E-state index is 13.3. The van der Waals surface area contributed by atoms with Crippen LogP contribution < -0.4 is 5.32 Å². The Labute approximate surface area is 205 Å². The van der Waals surface area contributed by atoms with Crippen molar-refractivity contribution in [2.45, 2.75) is 50.5 Å². The number of alkyl carbamates (subject to hydrolysis) is 1. The smallest absolute Gasteiger partial charge is 0.407 e. The van der Waals surface area contributed by atoms with Gasteiger partial charge in [0.15, 0.2) is 0 Å². The van der Waals surface area contributed by atoms with Crippen LogP contribution in [-0.2, 0) is 14.3 Å². The first-order chi connectivity index (χ1) is 17.0. The third kappa shape index (κ3) is 5.34. The zero-order valence-corrected chi connectivity index (χ0v) is 19.8. The Balaban J connectivity index is 1.20. The van der Waals surface area contributed by atoms with E-state index >= 15 is 0 Å². The third-order valence-corrected chi connectivity index (χ3v) is 7.56. The first-order valence-corrected chi connectivity index (χ1v) is 12.6. The van der Waals surface area contributed by atoms with E-state index in [1.165, 1.54) is 11.1 Å². The molecule has 5 rings (SSSR count). The van der Waals surface area contributed by atoms with Crippen LogP contribution in [0.5, 0.6) is 0 Å². The predicted molar refractivity (Wildman–Crippen MR) is 131 cm³/mol. The van der Waals surface area contributed by atoms with E-state index in [4.69, 9.17) is 9.84 Å². The molecule has 184 valence electrons. The minimum atomic E-state index is -0.807. The lowest BCUT2D eigenvalue weighted by molar-refractivity contribution is -0.137. The van der Waals surface area contributed by atoms with Crippen LogP contribution >= 0.6 is 0 Å². The van der Waals surface area contributed by atoms with E-state index in [0.717, 1.165) is 30.4 Å². The number of carbonyl (C=O) groups excluding carboxylic acids is 2. The second kappa shape index (κ2) is 10.1. The van der Waals surface area contributed by atoms with Crippen LogP contribution in [0, 0.1) is 11.8 Å². The van der Waals surface area contributed by atoms with Gasteiger partial charge in [-0.05, 0) is 53.4 Å². The summed E-state index contributed by atoms with van der Waals surface area (Å²) in [7, 11) is 0. The van der Waals surface area contributed by atoms with E-state index in [0.29, 0.717) is 31.8 Å². The molecule has 1 aliphatic heterocycles. The molecule has 2 atom stereocenters. The molecular weight excluding hydrogens is 444 g/mol. The number of rotatable bonds is 9. The van der Waals surface area contributed by atoms with Gasteiger partial charge >= 0.3 is 12.1 Å². The summed E-state index contributed by atoms with van der Waals surface area (Å²) in [6.45, 7) is 1.38. The van der Waals surface area contributed by atoms with E-state index in [9.17, 15) is 14.4 Å². The number of carboxylic acids is 1. The Morgan fingerprint density at radius 2 is 1.63 bits per heavy atom. The SMILES string of the molecule is O=C(O)CCC1CCN(C(=O)[C@H](CC2CC2)NC(=O)OCC2c3ccccc3-c3ccccc32)C1. The number of benzene rings is 2. The highest BCUT2D eigenvalue weighted by atomic mass is 16.5. The molecule has 7 nitrogen and oxygen atoms in total. The van der Waals surface area contributed by atoms with Crippen LogP contribution in [0.25, 0.3) is 11.1 Å². The fourth-order valence-electron chi connectivity index (χ4n) is 5.51. The average Bonchev–Trinajstić information content (AvgIpc) is 3.45. The number of nitrogens with one attached hydrogen (secondary N) is 1. The molecule has 3 aliphatic rings. The van der Waals surface area contributed by atoms with Crippen molar-refractivity contribution in [2.75, 3.05) is 19.7 Å². The van der Waals surface area contributed by atoms with Crippen LogP contribution in [0.1, 0.15) is 55.6 Å². The van der Waals surface area contributed by atoms with Gasteiger partial charge in [-0.25, -0.2) is 4.79 Å². The molecule has 2 amide bonds. The molecule has 0 spiro atoms. The van der Waals surface area contributed by atoms with Gasteiger partial charge in [-0.1, -0.05) is 61.4 Å². The molecule has 1 saturated heterocycles. The van der Waals surface area contributed by atoms with Gasteiger partial charge in [0.05, 0.1) is 0 Å². The largest absolute Gasteiger partial charge is 0.481 e. The molecule has 1 unspecified atom stereocenters. The monoisotopic (exact) mass is 476 g/mol. The third-order valence-electron chi connectivity index (χ3n) is 7.56. The molecule has 7 heteroatoms. The lowest BCUT2D eigenvalue weighted by Crippen LogP contribution is -2.48. The van der Waals surface area contributed by atoms with Gasteiger partial charge in [-0.2, -0.15) is 0 Å². The summed E-state index contributed by atoms with van der Waals surface area (Å²) in [5, 5.41) is 11.8. The van der Waals surface area contributed by atoms with Crippen molar-refractivity contribution in [3.63, 3.8) is 0 Å². The minimum Gasteiger partial charge on any atom is -0.481 e. The number of fused-ring (bicyclic) bond motifs is 3. The van der Waals surface area contributed by atoms with Gasteiger partial charge < -0.3 is 20.1 Å². The van der Waals surface area contributed by atoms with Gasteiger partial charge in [0.2, 0.25) is 5.91 Å². The molecule has 1 saturated carbocycles. The molecule has 0 radical (unpaired) electrons. The molecule has 2 fully saturated rings. The van der Waals surface area contributed by atoms with Crippen molar-refractivity contribution in [2.24, 2.45) is 11.8 Å². The predicted octanol–water partition coefficient (Wildman–Crippen LogP) is 4.41. The van der Waals surface area contributed by atoms with Gasteiger partial charge in [0, 0.05) is 25.4 Å². The molecule has 0 bridgehead atoms. The fourth-order valence-corrected chi connectivity index (χ4v) is 5.51. The number of amides is 2. The van der Waals surface area contributed by atoms with Crippen molar-refractivity contribution in [3.05, 3.63) is 59.7 Å². The van der Waals surface area contributed by atoms with Crippen LogP contribution in [-0.4, -0.2) is 53.7 Å². The van der Waals surface area contributed by atoms with Crippen LogP contribution in [0.3, 0.4) is 0 Å². The van der Waals surface area contributed by atoms with Gasteiger partial charge in [0.25, 0.3) is 0 Å². The topological polar surface area (TPSA) is 95.9 Å². The summed E-state index contributed by atoms with van der Waals surface area (Å²) in [5.74, 6) is -0.254. The van der Waals surface area contributed by atoms with Crippen LogP contribution in [0.15, 0.2) is 48.5 Å². The minimum absolute atomic E-state index is 0.0284. The highest BCUT2D eigenvalue weighted by molar-refractivity contribution is 5.86. The number of likely N-dealkylation sites (tertiary alicyclic amines) is 1. The summed E-state index contributed by atoms with van der Waals surface area (Å²) in [6.07, 6.45) is 3.73. The Morgan fingerprint density at radius 1 is 0.971 bits per heavy atom. The zero-order valence-electron chi connectivity index (χ0n) is 19.8. The first kappa shape index (κ1) is 23.4. The zero-order chi connectivity index (χ0) is 24.4. The highest BCUT2D eigenvalue weighted by Gasteiger charge is 2.36. The second-order valence-electron chi connectivity index (χ2n) is 10.1. The normalized spacial score (nSPS) is 19.7. The second-order valence-corrected chi connectivity index (χ2v) is 10.1. The van der Waals surface area contributed by atoms with Crippen LogP contribution in [0.4, 0.5) is 4.79 Å². The lowest BCUT2D eigenvalue weighted by atomic mass is 9.98. The Morgan fingerprint density at radius 3 is 2.26 bits per heavy atom. The summed E-state index contributed by atoms with van der Waals surface area (Å²) in [6, 6.07) is 15.8. The van der Waals surface area contributed by atoms with Crippen molar-refractivity contribution in [1.29, 1.82) is 0 Å². The molecule has 2 aromatic rings. The van der Waals surface area contributed by atoms with Crippen molar-refractivity contribution >= 4 is 18.0 Å². The van der Waals surface area contributed by atoms with Crippen molar-refractivity contribution < 1.29 is 24.2 Å². The van der Waals surface area contributed by atoms with Gasteiger partial charge in [0.1, 0.15) is 12.6 Å². The standard InChI is InChI=1S/C28H32N2O5/c31-26(32)12-11-19-13-14-30(16-19)27(33)25(15-18-9-10-18)29-28(34)35-17-24-22-7-3-1-5-20(22)21-6-2-4-8-23(21)24/h1-8,18-19,24-25H,9-17H2,(H,29,34)(H,31,32)/t19?,25-/m0/s1. The molecule has 1 heterocycles. The van der Waals surface area contributed by atoms with E-state index in [1.807, 2.05) is 24.3 Å². The van der Waals surface area contributed by atoms with Crippen LogP contribution in [0.2, 0.25) is 0 Å². The first-order valence-electron chi connectivity index (χ1n) is 12.6. The summed E-state index contributed by atoms with van der Waals surface area (Å²) < 4.78 is 5.68. The number of hydrogen-bond donors (Lipinski definition) is 2. The number of aliphatic carboxylic acids is 1. The summed E-state index contributed by atoms with van der Waals surface area (Å²) in [4.78, 5) is 38.7. The number of carbonyl (C=O) groups is 3. The molecule has 2 N–H and O–H groups in total. The summed E-state index contributed by atoms with van der Waals surface area (Å²) >= 11 is 0. The number of nitrogens with zero attached hydrogens (tertiary/aromatic N) is 1. The number of hydrogen-bond acceptors (Lipinski definition) is 4.